The zero-order valence-corrected chi connectivity index (χ0v) is 20.3. The minimum absolute atomic E-state index is 0.0489. The molecule has 2 amide bonds. The van der Waals surface area contributed by atoms with Crippen LogP contribution in [-0.4, -0.2) is 88.5 Å². The van der Waals surface area contributed by atoms with Crippen molar-refractivity contribution >= 4 is 17.8 Å². The fourth-order valence-electron chi connectivity index (χ4n) is 3.96. The lowest BCUT2D eigenvalue weighted by molar-refractivity contribution is -0.308. The highest BCUT2D eigenvalue weighted by molar-refractivity contribution is 5.92. The number of carbonyl (C=O) groups excluding carboxylic acids is 2. The van der Waals surface area contributed by atoms with Crippen molar-refractivity contribution in [1.82, 2.24) is 25.1 Å². The van der Waals surface area contributed by atoms with Crippen molar-refractivity contribution in [3.05, 3.63) is 42.8 Å². The molecule has 0 saturated carbocycles. The van der Waals surface area contributed by atoms with E-state index in [1.165, 1.54) is 6.20 Å². The first-order chi connectivity index (χ1) is 17.6. The van der Waals surface area contributed by atoms with E-state index in [1.54, 1.807) is 30.4 Å². The van der Waals surface area contributed by atoms with E-state index in [0.29, 0.717) is 31.1 Å². The third-order valence-electron chi connectivity index (χ3n) is 6.17. The quantitative estimate of drug-likeness (QED) is 0.424. The molecule has 0 atom stereocenters. The number of amides is 2. The second-order valence-electron chi connectivity index (χ2n) is 9.18. The fraction of sp³-hybridized carbons (Fsp3) is 0.545. The van der Waals surface area contributed by atoms with Crippen LogP contribution < -0.4 is 16.0 Å². The Balaban J connectivity index is 1.53. The van der Waals surface area contributed by atoms with E-state index < -0.39 is 36.0 Å². The summed E-state index contributed by atoms with van der Waals surface area (Å²) in [5, 5.41) is 2.73. The Morgan fingerprint density at radius 1 is 1.13 bits per heavy atom. The van der Waals surface area contributed by atoms with Crippen molar-refractivity contribution in [2.45, 2.75) is 43.8 Å². The van der Waals surface area contributed by atoms with Gasteiger partial charge < -0.3 is 30.5 Å². The van der Waals surface area contributed by atoms with Gasteiger partial charge in [-0.25, -0.2) is 9.78 Å². The number of piperidine rings is 1. The van der Waals surface area contributed by atoms with Gasteiger partial charge in [-0.1, -0.05) is 6.58 Å². The maximum atomic E-state index is 12.7. The minimum atomic E-state index is -5.80. The fourth-order valence-corrected chi connectivity index (χ4v) is 3.96. The lowest BCUT2D eigenvalue weighted by atomic mass is 9.89. The Morgan fingerprint density at radius 3 is 2.29 bits per heavy atom. The number of alkyl halides is 6. The van der Waals surface area contributed by atoms with Crippen LogP contribution in [0.5, 0.6) is 0 Å². The van der Waals surface area contributed by atoms with Crippen LogP contribution in [0.4, 0.5) is 37.0 Å². The predicted octanol–water partition coefficient (Wildman–Crippen LogP) is 2.51. The molecule has 0 radical (unpaired) electrons. The molecule has 38 heavy (non-hydrogen) atoms. The van der Waals surface area contributed by atoms with Gasteiger partial charge in [0.25, 0.3) is 12.0 Å². The number of anilines is 1. The molecule has 1 aromatic heterocycles. The smallest absolute Gasteiger partial charge is 0.426 e. The normalized spacial score (nSPS) is 19.0. The molecule has 16 heteroatoms. The van der Waals surface area contributed by atoms with Crippen LogP contribution in [0.3, 0.4) is 0 Å². The number of hydrogen-bond donors (Lipinski definition) is 2. The van der Waals surface area contributed by atoms with E-state index >= 15 is 0 Å². The highest BCUT2D eigenvalue weighted by atomic mass is 19.4. The van der Waals surface area contributed by atoms with Gasteiger partial charge >= 0.3 is 18.4 Å². The van der Waals surface area contributed by atoms with E-state index in [9.17, 15) is 35.9 Å². The lowest BCUT2D eigenvalue weighted by Crippen LogP contribution is -2.56. The maximum absolute atomic E-state index is 12.7. The molecule has 1 aromatic rings. The number of nitrogens with two attached hydrogens (primary N) is 1. The number of piperazine rings is 1. The average molecular weight is 551 g/mol. The standard InChI is InChI=1S/C22H27F6N7O3/c1-14-12-35(16-11-30-5-6-31-16)10-9-34(14)13-15(29)17(36)32-20(2)3-7-33(8-4-20)19(37)38-18(21(23,24)25)22(26,27)28/h5-6,11,13,18H,1,3-4,7-10,12,29H2,2H3,(H,32,36)/b15-13-. The largest absolute Gasteiger partial charge is 0.434 e. The van der Waals surface area contributed by atoms with Crippen molar-refractivity contribution in [1.29, 1.82) is 0 Å². The number of hydrogen-bond acceptors (Lipinski definition) is 8. The SMILES string of the molecule is C=C1CN(c2cnccn2)CCN1/C=C(\N)C(=O)NC1(C)CCN(C(=O)OC(C(F)(F)F)C(F)(F)F)CC1. The number of carbonyl (C=O) groups is 2. The second-order valence-corrected chi connectivity index (χ2v) is 9.18. The van der Waals surface area contributed by atoms with Gasteiger partial charge in [0.15, 0.2) is 0 Å². The number of halogens is 6. The van der Waals surface area contributed by atoms with Crippen molar-refractivity contribution < 1.29 is 40.7 Å². The van der Waals surface area contributed by atoms with Gasteiger partial charge in [0.05, 0.1) is 12.7 Å². The molecule has 2 saturated heterocycles. The minimum Gasteiger partial charge on any atom is -0.426 e. The van der Waals surface area contributed by atoms with Crippen molar-refractivity contribution in [3.63, 3.8) is 0 Å². The maximum Gasteiger partial charge on any atom is 0.434 e. The Labute approximate surface area is 214 Å². The molecule has 0 unspecified atom stereocenters. The molecule has 10 nitrogen and oxygen atoms in total. The van der Waals surface area contributed by atoms with Gasteiger partial charge in [-0.2, -0.15) is 26.3 Å². The summed E-state index contributed by atoms with van der Waals surface area (Å²) < 4.78 is 79.8. The highest BCUT2D eigenvalue weighted by Crippen LogP contribution is 2.36. The Hall–Kier alpha value is -3.72. The van der Waals surface area contributed by atoms with Gasteiger partial charge in [0, 0.05) is 56.0 Å². The Kier molecular flexibility index (Phi) is 8.31. The van der Waals surface area contributed by atoms with Gasteiger partial charge in [-0.15, -0.1) is 0 Å². The predicted molar refractivity (Wildman–Crippen MR) is 122 cm³/mol. The average Bonchev–Trinajstić information content (AvgIpc) is 2.83. The molecule has 0 aromatic carbocycles. The molecule has 2 aliphatic rings. The summed E-state index contributed by atoms with van der Waals surface area (Å²) in [4.78, 5) is 37.4. The molecule has 2 aliphatic heterocycles. The summed E-state index contributed by atoms with van der Waals surface area (Å²) in [6, 6.07) is 0. The van der Waals surface area contributed by atoms with Crippen LogP contribution >= 0.6 is 0 Å². The molecule has 3 rings (SSSR count). The molecule has 210 valence electrons. The zero-order valence-electron chi connectivity index (χ0n) is 20.3. The number of nitrogens with one attached hydrogen (secondary N) is 1. The molecular weight excluding hydrogens is 524 g/mol. The van der Waals surface area contributed by atoms with Crippen molar-refractivity contribution in [2.75, 3.05) is 37.6 Å². The number of nitrogens with zero attached hydrogens (tertiary/aromatic N) is 5. The molecule has 0 spiro atoms. The van der Waals surface area contributed by atoms with Crippen molar-refractivity contribution in [3.8, 4) is 0 Å². The van der Waals surface area contributed by atoms with Gasteiger partial charge in [0.1, 0.15) is 11.5 Å². The first-order valence-corrected chi connectivity index (χ1v) is 11.4. The summed E-state index contributed by atoms with van der Waals surface area (Å²) in [6.45, 7) is 6.63. The van der Waals surface area contributed by atoms with Crippen LogP contribution in [0.25, 0.3) is 0 Å². The zero-order chi connectivity index (χ0) is 28.3. The molecule has 0 bridgehead atoms. The van der Waals surface area contributed by atoms with E-state index in [4.69, 9.17) is 5.73 Å². The number of aromatic nitrogens is 2. The summed E-state index contributed by atoms with van der Waals surface area (Å²) in [5.74, 6) is 0.0559. The number of rotatable bonds is 5. The van der Waals surface area contributed by atoms with Crippen LogP contribution in [0.15, 0.2) is 42.8 Å². The first-order valence-electron chi connectivity index (χ1n) is 11.4. The second kappa shape index (κ2) is 10.9. The molecule has 2 fully saturated rings. The van der Waals surface area contributed by atoms with Gasteiger partial charge in [0.2, 0.25) is 0 Å². The Bertz CT molecular complexity index is 1040. The summed E-state index contributed by atoms with van der Waals surface area (Å²) in [6.07, 6.45) is -11.3. The van der Waals surface area contributed by atoms with Crippen LogP contribution in [0.2, 0.25) is 0 Å². The van der Waals surface area contributed by atoms with E-state index in [0.717, 1.165) is 4.90 Å². The van der Waals surface area contributed by atoms with E-state index in [2.05, 4.69) is 26.6 Å². The topological polar surface area (TPSA) is 117 Å². The summed E-state index contributed by atoms with van der Waals surface area (Å²) >= 11 is 0. The van der Waals surface area contributed by atoms with Crippen LogP contribution in [-0.2, 0) is 9.53 Å². The van der Waals surface area contributed by atoms with E-state index in [1.807, 2.05) is 4.90 Å². The van der Waals surface area contributed by atoms with E-state index in [-0.39, 0.29) is 31.6 Å². The molecule has 0 aliphatic carbocycles. The monoisotopic (exact) mass is 551 g/mol. The first kappa shape index (κ1) is 28.8. The highest BCUT2D eigenvalue weighted by Gasteiger charge is 2.60. The third kappa shape index (κ3) is 7.19. The third-order valence-corrected chi connectivity index (χ3v) is 6.17. The Morgan fingerprint density at radius 2 is 1.76 bits per heavy atom. The molecule has 3 heterocycles. The molecular formula is C22H27F6N7O3. The van der Waals surface area contributed by atoms with Crippen LogP contribution in [0, 0.1) is 0 Å². The lowest BCUT2D eigenvalue weighted by Gasteiger charge is -2.40. The van der Waals surface area contributed by atoms with Crippen molar-refractivity contribution in [2.24, 2.45) is 5.73 Å². The van der Waals surface area contributed by atoms with Crippen LogP contribution in [0.1, 0.15) is 19.8 Å². The summed E-state index contributed by atoms with van der Waals surface area (Å²) in [5.41, 5.74) is 5.60. The summed E-state index contributed by atoms with van der Waals surface area (Å²) in [7, 11) is 0. The number of ether oxygens (including phenoxy) is 1. The molecule has 3 N–H and O–H groups in total. The van der Waals surface area contributed by atoms with Gasteiger partial charge in [-0.05, 0) is 19.8 Å². The number of likely N-dealkylation sites (tertiary alicyclic amines) is 1. The van der Waals surface area contributed by atoms with Gasteiger partial charge in [-0.3, -0.25) is 9.78 Å².